The van der Waals surface area contributed by atoms with Crippen molar-refractivity contribution >= 4 is 27.5 Å². The first kappa shape index (κ1) is 16.3. The summed E-state index contributed by atoms with van der Waals surface area (Å²) < 4.78 is 6.85. The van der Waals surface area contributed by atoms with Crippen molar-refractivity contribution in [1.29, 1.82) is 0 Å². The Morgan fingerprint density at radius 1 is 1.29 bits per heavy atom. The molecule has 0 bridgehead atoms. The van der Waals surface area contributed by atoms with Gasteiger partial charge >= 0.3 is 0 Å². The molecule has 0 saturated heterocycles. The molecule has 0 aliphatic carbocycles. The number of aryl methyl sites for hydroxylation is 1. The van der Waals surface area contributed by atoms with E-state index in [2.05, 4.69) is 33.2 Å². The van der Waals surface area contributed by atoms with Crippen molar-refractivity contribution in [2.24, 2.45) is 0 Å². The van der Waals surface area contributed by atoms with Gasteiger partial charge in [-0.1, -0.05) is 18.5 Å². The highest BCUT2D eigenvalue weighted by Crippen LogP contribution is 2.33. The quantitative estimate of drug-likeness (QED) is 0.719. The van der Waals surface area contributed by atoms with Gasteiger partial charge in [0.2, 0.25) is 0 Å². The molecule has 1 aromatic carbocycles. The Balaban J connectivity index is 2.22. The van der Waals surface area contributed by atoms with E-state index in [9.17, 15) is 0 Å². The van der Waals surface area contributed by atoms with Crippen LogP contribution in [-0.4, -0.2) is 11.5 Å². The number of rotatable bonds is 6. The summed E-state index contributed by atoms with van der Waals surface area (Å²) >= 11 is 9.43. The minimum atomic E-state index is 0.671. The summed E-state index contributed by atoms with van der Waals surface area (Å²) in [5, 5.41) is 4.04. The zero-order chi connectivity index (χ0) is 15.2. The van der Waals surface area contributed by atoms with E-state index in [-0.39, 0.29) is 0 Å². The number of halogens is 2. The first-order valence-electron chi connectivity index (χ1n) is 6.89. The Kier molecular flexibility index (Phi) is 6.03. The largest absolute Gasteiger partial charge is 0.456 e. The molecule has 0 atom stereocenters. The van der Waals surface area contributed by atoms with Gasteiger partial charge in [0.1, 0.15) is 11.5 Å². The molecule has 0 spiro atoms. The van der Waals surface area contributed by atoms with Gasteiger partial charge in [0.15, 0.2) is 0 Å². The van der Waals surface area contributed by atoms with E-state index in [0.29, 0.717) is 5.02 Å². The van der Waals surface area contributed by atoms with Gasteiger partial charge in [0.05, 0.1) is 4.47 Å². The van der Waals surface area contributed by atoms with E-state index in [4.69, 9.17) is 16.3 Å². The molecule has 1 aromatic heterocycles. The lowest BCUT2D eigenvalue weighted by molar-refractivity contribution is 0.468. The fourth-order valence-electron chi connectivity index (χ4n) is 1.87. The second-order valence-electron chi connectivity index (χ2n) is 4.79. The molecule has 5 heteroatoms. The van der Waals surface area contributed by atoms with Crippen molar-refractivity contribution in [1.82, 2.24) is 10.3 Å². The van der Waals surface area contributed by atoms with Crippen molar-refractivity contribution in [2.75, 3.05) is 6.54 Å². The van der Waals surface area contributed by atoms with Gasteiger partial charge in [0.25, 0.3) is 0 Å². The molecule has 0 aliphatic heterocycles. The highest BCUT2D eigenvalue weighted by atomic mass is 79.9. The Bertz CT molecular complexity index is 619. The molecule has 0 radical (unpaired) electrons. The van der Waals surface area contributed by atoms with Gasteiger partial charge in [-0.05, 0) is 54.0 Å². The van der Waals surface area contributed by atoms with Crippen molar-refractivity contribution < 1.29 is 4.74 Å². The Labute approximate surface area is 138 Å². The molecule has 1 N–H and O–H groups in total. The van der Waals surface area contributed by atoms with Gasteiger partial charge in [0, 0.05) is 35.1 Å². The normalized spacial score (nSPS) is 10.7. The lowest BCUT2D eigenvalue weighted by Gasteiger charge is -2.13. The van der Waals surface area contributed by atoms with Crippen LogP contribution in [-0.2, 0) is 6.54 Å². The number of hydrogen-bond donors (Lipinski definition) is 1. The molecule has 3 nitrogen and oxygen atoms in total. The average Bonchev–Trinajstić information content (AvgIpc) is 2.44. The lowest BCUT2D eigenvalue weighted by Crippen LogP contribution is -2.14. The minimum absolute atomic E-state index is 0.671. The Hall–Kier alpha value is -1.10. The molecule has 0 fully saturated rings. The first-order chi connectivity index (χ1) is 10.1. The molecule has 0 saturated carbocycles. The molecule has 0 amide bonds. The molecular weight excluding hydrogens is 352 g/mol. The number of nitrogens with one attached hydrogen (secondary N) is 1. The monoisotopic (exact) mass is 368 g/mol. The third-order valence-corrected chi connectivity index (χ3v) is 3.79. The summed E-state index contributed by atoms with van der Waals surface area (Å²) in [6.45, 7) is 5.80. The van der Waals surface area contributed by atoms with E-state index in [0.717, 1.165) is 46.7 Å². The summed E-state index contributed by atoms with van der Waals surface area (Å²) in [4.78, 5) is 4.34. The minimum Gasteiger partial charge on any atom is -0.456 e. The number of benzene rings is 1. The third-order valence-electron chi connectivity index (χ3n) is 2.94. The maximum atomic E-state index is 6.02. The average molecular weight is 370 g/mol. The smallest absolute Gasteiger partial charge is 0.141 e. The van der Waals surface area contributed by atoms with Gasteiger partial charge in [-0.15, -0.1) is 0 Å². The number of hydrogen-bond acceptors (Lipinski definition) is 3. The Morgan fingerprint density at radius 2 is 2.10 bits per heavy atom. The van der Waals surface area contributed by atoms with Gasteiger partial charge < -0.3 is 10.1 Å². The van der Waals surface area contributed by atoms with E-state index in [1.54, 1.807) is 0 Å². The predicted octanol–water partition coefficient (Wildman–Crippen LogP) is 5.10. The molecule has 2 rings (SSSR count). The first-order valence-corrected chi connectivity index (χ1v) is 8.06. The fraction of sp³-hybridized carbons (Fsp3) is 0.312. The topological polar surface area (TPSA) is 34.2 Å². The van der Waals surface area contributed by atoms with Crippen LogP contribution in [0.5, 0.6) is 11.5 Å². The maximum Gasteiger partial charge on any atom is 0.141 e. The molecule has 112 valence electrons. The molecule has 0 unspecified atom stereocenters. The summed E-state index contributed by atoms with van der Waals surface area (Å²) in [6, 6.07) is 7.43. The van der Waals surface area contributed by atoms with Crippen LogP contribution in [0, 0.1) is 6.92 Å². The standard InChI is InChI=1S/C16H18BrClN2O/c1-3-6-19-9-12-10-20-11(2)7-16(12)21-15-5-4-13(18)8-14(15)17/h4-5,7-8,10,19H,3,6,9H2,1-2H3. The number of ether oxygens (including phenoxy) is 1. The van der Waals surface area contributed by atoms with E-state index in [1.165, 1.54) is 0 Å². The fourth-order valence-corrected chi connectivity index (χ4v) is 2.63. The van der Waals surface area contributed by atoms with E-state index >= 15 is 0 Å². The second-order valence-corrected chi connectivity index (χ2v) is 6.08. The van der Waals surface area contributed by atoms with Crippen molar-refractivity contribution in [3.63, 3.8) is 0 Å². The van der Waals surface area contributed by atoms with Crippen LogP contribution in [0.1, 0.15) is 24.6 Å². The third kappa shape index (κ3) is 4.70. The molecule has 2 aromatic rings. The van der Waals surface area contributed by atoms with Crippen LogP contribution in [0.15, 0.2) is 34.9 Å². The maximum absolute atomic E-state index is 6.02. The zero-order valence-electron chi connectivity index (χ0n) is 12.1. The van der Waals surface area contributed by atoms with Crippen LogP contribution in [0.2, 0.25) is 5.02 Å². The predicted molar refractivity (Wildman–Crippen MR) is 90.2 cm³/mol. The van der Waals surface area contributed by atoms with Gasteiger partial charge in [-0.3, -0.25) is 4.98 Å². The van der Waals surface area contributed by atoms with Crippen LogP contribution in [0.25, 0.3) is 0 Å². The van der Waals surface area contributed by atoms with E-state index in [1.807, 2.05) is 37.4 Å². The molecule has 1 heterocycles. The van der Waals surface area contributed by atoms with Crippen molar-refractivity contribution in [3.8, 4) is 11.5 Å². The number of pyridine rings is 1. The van der Waals surface area contributed by atoms with Crippen molar-refractivity contribution in [3.05, 3.63) is 51.2 Å². The zero-order valence-corrected chi connectivity index (χ0v) is 14.5. The SMILES string of the molecule is CCCNCc1cnc(C)cc1Oc1ccc(Cl)cc1Br. The Morgan fingerprint density at radius 3 is 2.81 bits per heavy atom. The van der Waals surface area contributed by atoms with Crippen LogP contribution < -0.4 is 10.1 Å². The number of aromatic nitrogens is 1. The lowest BCUT2D eigenvalue weighted by atomic mass is 10.2. The van der Waals surface area contributed by atoms with Gasteiger partial charge in [-0.2, -0.15) is 0 Å². The summed E-state index contributed by atoms with van der Waals surface area (Å²) in [7, 11) is 0. The summed E-state index contributed by atoms with van der Waals surface area (Å²) in [5.41, 5.74) is 1.96. The van der Waals surface area contributed by atoms with Crippen LogP contribution >= 0.6 is 27.5 Å². The molecule has 21 heavy (non-hydrogen) atoms. The van der Waals surface area contributed by atoms with Crippen LogP contribution in [0.3, 0.4) is 0 Å². The highest BCUT2D eigenvalue weighted by molar-refractivity contribution is 9.10. The molecule has 0 aliphatic rings. The summed E-state index contributed by atoms with van der Waals surface area (Å²) in [6.07, 6.45) is 2.95. The van der Waals surface area contributed by atoms with Crippen molar-refractivity contribution in [2.45, 2.75) is 26.8 Å². The van der Waals surface area contributed by atoms with Crippen LogP contribution in [0.4, 0.5) is 0 Å². The highest BCUT2D eigenvalue weighted by Gasteiger charge is 2.09. The summed E-state index contributed by atoms with van der Waals surface area (Å²) in [5.74, 6) is 1.55. The number of nitrogens with zero attached hydrogens (tertiary/aromatic N) is 1. The molecular formula is C16H18BrClN2O. The van der Waals surface area contributed by atoms with E-state index < -0.39 is 0 Å². The van der Waals surface area contributed by atoms with Gasteiger partial charge in [-0.25, -0.2) is 0 Å². The second kappa shape index (κ2) is 7.78.